The van der Waals surface area contributed by atoms with E-state index in [2.05, 4.69) is 10.6 Å². The van der Waals surface area contributed by atoms with E-state index in [9.17, 15) is 18.8 Å². The van der Waals surface area contributed by atoms with Crippen LogP contribution in [0.3, 0.4) is 0 Å². The number of carbonyl (C=O) groups excluding carboxylic acids is 3. The molecule has 1 aromatic rings. The quantitative estimate of drug-likeness (QED) is 0.829. The molecule has 1 heterocycles. The number of hydrogen-bond acceptors (Lipinski definition) is 3. The largest absolute Gasteiger partial charge is 0.347 e. The van der Waals surface area contributed by atoms with E-state index >= 15 is 0 Å². The molecule has 0 bridgehead atoms. The van der Waals surface area contributed by atoms with Crippen molar-refractivity contribution in [1.82, 2.24) is 10.2 Å². The zero-order valence-corrected chi connectivity index (χ0v) is 11.3. The van der Waals surface area contributed by atoms with E-state index in [1.165, 1.54) is 18.2 Å². The first-order valence-electron chi connectivity index (χ1n) is 6.70. The molecule has 1 aliphatic rings. The van der Waals surface area contributed by atoms with Gasteiger partial charge in [0.1, 0.15) is 11.9 Å². The molecule has 1 atom stereocenters. The molecule has 1 fully saturated rings. The molecule has 0 aromatic heterocycles. The average molecular weight is 293 g/mol. The first-order valence-corrected chi connectivity index (χ1v) is 6.70. The van der Waals surface area contributed by atoms with Crippen molar-refractivity contribution in [1.29, 1.82) is 0 Å². The zero-order chi connectivity index (χ0) is 15.2. The number of benzene rings is 1. The molecule has 0 unspecified atom stereocenters. The molecular weight excluding hydrogens is 277 g/mol. The standard InChI is InChI=1S/C14H16FN3O3/c15-10-5-1-2-6-11(10)17-14(21)18-8-4-3-7-12(13(18)20)16-9-19/h1-2,5-6,9,12H,3-4,7-8H2,(H,16,19)(H,17,21)/t12-/m0/s1. The van der Waals surface area contributed by atoms with Crippen molar-refractivity contribution >= 4 is 24.0 Å². The Balaban J connectivity index is 2.11. The van der Waals surface area contributed by atoms with Gasteiger partial charge in [-0.05, 0) is 31.4 Å². The van der Waals surface area contributed by atoms with Gasteiger partial charge in [0.25, 0.3) is 5.91 Å². The summed E-state index contributed by atoms with van der Waals surface area (Å²) in [4.78, 5) is 35.9. The fraction of sp³-hybridized carbons (Fsp3) is 0.357. The van der Waals surface area contributed by atoms with E-state index < -0.39 is 23.8 Å². The molecule has 1 aliphatic heterocycles. The van der Waals surface area contributed by atoms with Crippen LogP contribution in [-0.4, -0.2) is 35.8 Å². The second-order valence-electron chi connectivity index (χ2n) is 4.73. The molecule has 21 heavy (non-hydrogen) atoms. The Morgan fingerprint density at radius 1 is 1.33 bits per heavy atom. The van der Waals surface area contributed by atoms with E-state index in [0.29, 0.717) is 19.3 Å². The first kappa shape index (κ1) is 15.0. The Morgan fingerprint density at radius 3 is 2.81 bits per heavy atom. The maximum Gasteiger partial charge on any atom is 0.328 e. The molecule has 0 spiro atoms. The maximum atomic E-state index is 13.5. The number of para-hydroxylation sites is 1. The summed E-state index contributed by atoms with van der Waals surface area (Å²) >= 11 is 0. The molecule has 112 valence electrons. The van der Waals surface area contributed by atoms with Gasteiger partial charge in [-0.3, -0.25) is 14.5 Å². The lowest BCUT2D eigenvalue weighted by molar-refractivity contribution is -0.131. The van der Waals surface area contributed by atoms with Gasteiger partial charge in [0.15, 0.2) is 0 Å². The van der Waals surface area contributed by atoms with Gasteiger partial charge in [0, 0.05) is 6.54 Å². The van der Waals surface area contributed by atoms with Gasteiger partial charge < -0.3 is 10.6 Å². The number of hydrogen-bond donors (Lipinski definition) is 2. The molecule has 7 heteroatoms. The number of nitrogens with one attached hydrogen (secondary N) is 2. The Labute approximate surface area is 121 Å². The van der Waals surface area contributed by atoms with Crippen LogP contribution in [0.5, 0.6) is 0 Å². The van der Waals surface area contributed by atoms with Crippen molar-refractivity contribution in [3.8, 4) is 0 Å². The minimum atomic E-state index is -0.712. The summed E-state index contributed by atoms with van der Waals surface area (Å²) in [5.74, 6) is -1.05. The van der Waals surface area contributed by atoms with Crippen LogP contribution in [0.4, 0.5) is 14.9 Å². The van der Waals surface area contributed by atoms with E-state index in [1.807, 2.05) is 0 Å². The monoisotopic (exact) mass is 293 g/mol. The molecule has 1 saturated heterocycles. The van der Waals surface area contributed by atoms with Crippen molar-refractivity contribution in [2.45, 2.75) is 25.3 Å². The molecule has 6 nitrogen and oxygen atoms in total. The van der Waals surface area contributed by atoms with Gasteiger partial charge in [-0.2, -0.15) is 0 Å². The van der Waals surface area contributed by atoms with E-state index in [0.717, 1.165) is 11.3 Å². The van der Waals surface area contributed by atoms with Gasteiger partial charge in [-0.25, -0.2) is 9.18 Å². The number of amides is 4. The lowest BCUT2D eigenvalue weighted by Gasteiger charge is -2.22. The molecule has 1 aromatic carbocycles. The first-order chi connectivity index (χ1) is 10.1. The highest BCUT2D eigenvalue weighted by molar-refractivity contribution is 6.03. The Morgan fingerprint density at radius 2 is 2.10 bits per heavy atom. The third-order valence-electron chi connectivity index (χ3n) is 3.32. The SMILES string of the molecule is O=CN[C@H]1CCCCN(C(=O)Nc2ccccc2F)C1=O. The van der Waals surface area contributed by atoms with Crippen molar-refractivity contribution in [3.63, 3.8) is 0 Å². The van der Waals surface area contributed by atoms with Crippen LogP contribution in [0.25, 0.3) is 0 Å². The number of imide groups is 1. The van der Waals surface area contributed by atoms with Crippen LogP contribution < -0.4 is 10.6 Å². The summed E-state index contributed by atoms with van der Waals surface area (Å²) in [5, 5.41) is 4.78. The fourth-order valence-electron chi connectivity index (χ4n) is 2.22. The second-order valence-corrected chi connectivity index (χ2v) is 4.73. The molecule has 0 radical (unpaired) electrons. The van der Waals surface area contributed by atoms with Gasteiger partial charge in [-0.15, -0.1) is 0 Å². The number of anilines is 1. The summed E-state index contributed by atoms with van der Waals surface area (Å²) in [7, 11) is 0. The van der Waals surface area contributed by atoms with Crippen molar-refractivity contribution in [3.05, 3.63) is 30.1 Å². The van der Waals surface area contributed by atoms with E-state index in [1.54, 1.807) is 6.07 Å². The van der Waals surface area contributed by atoms with Crippen LogP contribution >= 0.6 is 0 Å². The predicted molar refractivity (Wildman–Crippen MR) is 74.0 cm³/mol. The zero-order valence-electron chi connectivity index (χ0n) is 11.3. The highest BCUT2D eigenvalue weighted by Gasteiger charge is 2.30. The number of urea groups is 1. The lowest BCUT2D eigenvalue weighted by Crippen LogP contribution is -2.48. The van der Waals surface area contributed by atoms with Gasteiger partial charge in [0.2, 0.25) is 6.41 Å². The average Bonchev–Trinajstić information content (AvgIpc) is 2.65. The summed E-state index contributed by atoms with van der Waals surface area (Å²) in [6, 6.07) is 4.32. The Kier molecular flexibility index (Phi) is 4.86. The minimum Gasteiger partial charge on any atom is -0.347 e. The molecule has 2 N–H and O–H groups in total. The number of rotatable bonds is 3. The van der Waals surface area contributed by atoms with Crippen LogP contribution in [0.15, 0.2) is 24.3 Å². The summed E-state index contributed by atoms with van der Waals surface area (Å²) in [6.45, 7) is 0.246. The molecule has 0 aliphatic carbocycles. The number of nitrogens with zero attached hydrogens (tertiary/aromatic N) is 1. The molecule has 4 amide bonds. The molecular formula is C14H16FN3O3. The Hall–Kier alpha value is -2.44. The Bertz CT molecular complexity index is 550. The topological polar surface area (TPSA) is 78.5 Å². The lowest BCUT2D eigenvalue weighted by atomic mass is 10.1. The summed E-state index contributed by atoms with van der Waals surface area (Å²) in [5.41, 5.74) is 0.0134. The second kappa shape index (κ2) is 6.83. The maximum absolute atomic E-state index is 13.5. The van der Waals surface area contributed by atoms with Crippen LogP contribution in [0.1, 0.15) is 19.3 Å². The van der Waals surface area contributed by atoms with E-state index in [-0.39, 0.29) is 12.2 Å². The van der Waals surface area contributed by atoms with Crippen molar-refractivity contribution in [2.75, 3.05) is 11.9 Å². The molecule has 0 saturated carbocycles. The smallest absolute Gasteiger partial charge is 0.328 e. The minimum absolute atomic E-state index is 0.0134. The van der Waals surface area contributed by atoms with Crippen LogP contribution in [-0.2, 0) is 9.59 Å². The summed E-state index contributed by atoms with van der Waals surface area (Å²) in [6.07, 6.45) is 2.30. The highest BCUT2D eigenvalue weighted by atomic mass is 19.1. The normalized spacial score (nSPS) is 18.8. The fourth-order valence-corrected chi connectivity index (χ4v) is 2.22. The van der Waals surface area contributed by atoms with Gasteiger partial charge >= 0.3 is 6.03 Å². The third-order valence-corrected chi connectivity index (χ3v) is 3.32. The summed E-state index contributed by atoms with van der Waals surface area (Å²) < 4.78 is 13.5. The van der Waals surface area contributed by atoms with Gasteiger partial charge in [-0.1, -0.05) is 12.1 Å². The third kappa shape index (κ3) is 3.56. The van der Waals surface area contributed by atoms with Crippen LogP contribution in [0, 0.1) is 5.82 Å². The van der Waals surface area contributed by atoms with Crippen LogP contribution in [0.2, 0.25) is 0 Å². The molecule has 2 rings (SSSR count). The van der Waals surface area contributed by atoms with Gasteiger partial charge in [0.05, 0.1) is 5.69 Å². The van der Waals surface area contributed by atoms with E-state index in [4.69, 9.17) is 0 Å². The number of halogens is 1. The van der Waals surface area contributed by atoms with Crippen molar-refractivity contribution in [2.24, 2.45) is 0 Å². The number of carbonyl (C=O) groups is 3. The predicted octanol–water partition coefficient (Wildman–Crippen LogP) is 1.48. The number of likely N-dealkylation sites (tertiary alicyclic amines) is 1. The highest BCUT2D eigenvalue weighted by Crippen LogP contribution is 2.16. The van der Waals surface area contributed by atoms with Crippen molar-refractivity contribution < 1.29 is 18.8 Å².